The predicted molar refractivity (Wildman–Crippen MR) is 61.1 cm³/mol. The second kappa shape index (κ2) is 6.86. The van der Waals surface area contributed by atoms with E-state index in [2.05, 4.69) is 39.9 Å². The van der Waals surface area contributed by atoms with E-state index in [1.165, 1.54) is 0 Å². The number of amides is 1. The first-order valence-corrected chi connectivity index (χ1v) is 5.80. The normalized spacial score (nSPS) is 15.3. The molecule has 0 spiro atoms. The molecule has 0 aliphatic carbocycles. The predicted octanol–water partition coefficient (Wildman–Crippen LogP) is 2.97. The van der Waals surface area contributed by atoms with Gasteiger partial charge >= 0.3 is 0 Å². The molecule has 2 atom stereocenters. The van der Waals surface area contributed by atoms with Crippen LogP contribution in [0.1, 0.15) is 53.9 Å². The van der Waals surface area contributed by atoms with Crippen molar-refractivity contribution in [1.29, 1.82) is 0 Å². The molecule has 0 aromatic rings. The van der Waals surface area contributed by atoms with Gasteiger partial charge in [0.2, 0.25) is 5.91 Å². The molecule has 84 valence electrons. The molecule has 2 heteroatoms. The minimum atomic E-state index is 0.201. The maximum Gasteiger partial charge on any atom is 0.220 e. The van der Waals surface area contributed by atoms with Gasteiger partial charge in [-0.3, -0.25) is 4.79 Å². The molecule has 0 heterocycles. The highest BCUT2D eigenvalue weighted by Crippen LogP contribution is 2.11. The lowest BCUT2D eigenvalue weighted by Crippen LogP contribution is -2.39. The van der Waals surface area contributed by atoms with Crippen molar-refractivity contribution >= 4 is 5.91 Å². The number of carbonyl (C=O) groups is 1. The van der Waals surface area contributed by atoms with Crippen molar-refractivity contribution in [2.24, 2.45) is 11.8 Å². The third kappa shape index (κ3) is 5.25. The van der Waals surface area contributed by atoms with Crippen molar-refractivity contribution in [3.63, 3.8) is 0 Å². The maximum absolute atomic E-state index is 11.5. The van der Waals surface area contributed by atoms with Crippen LogP contribution in [0.2, 0.25) is 0 Å². The van der Waals surface area contributed by atoms with E-state index in [0.29, 0.717) is 24.3 Å². The molecule has 1 amide bonds. The van der Waals surface area contributed by atoms with Gasteiger partial charge in [-0.05, 0) is 18.3 Å². The van der Waals surface area contributed by atoms with Crippen LogP contribution in [0.15, 0.2) is 0 Å². The Labute approximate surface area is 88.5 Å². The Morgan fingerprint density at radius 2 is 1.71 bits per heavy atom. The highest BCUT2D eigenvalue weighted by molar-refractivity contribution is 5.76. The summed E-state index contributed by atoms with van der Waals surface area (Å²) in [6.45, 7) is 10.6. The smallest absolute Gasteiger partial charge is 0.220 e. The zero-order valence-corrected chi connectivity index (χ0v) is 10.3. The lowest BCUT2D eigenvalue weighted by Gasteiger charge is -2.23. The van der Waals surface area contributed by atoms with E-state index in [9.17, 15) is 4.79 Å². The Kier molecular flexibility index (Phi) is 6.60. The summed E-state index contributed by atoms with van der Waals surface area (Å²) >= 11 is 0. The third-order valence-electron chi connectivity index (χ3n) is 2.71. The molecule has 1 unspecified atom stereocenters. The molecular weight excluding hydrogens is 174 g/mol. The van der Waals surface area contributed by atoms with Gasteiger partial charge in [0.15, 0.2) is 0 Å². The van der Waals surface area contributed by atoms with Gasteiger partial charge in [0, 0.05) is 12.5 Å². The Bertz CT molecular complexity index is 166. The molecule has 14 heavy (non-hydrogen) atoms. The average Bonchev–Trinajstić information content (AvgIpc) is 2.11. The van der Waals surface area contributed by atoms with Gasteiger partial charge in [-0.1, -0.05) is 41.0 Å². The van der Waals surface area contributed by atoms with Crippen molar-refractivity contribution in [2.75, 3.05) is 0 Å². The molecule has 0 rings (SSSR count). The highest BCUT2D eigenvalue weighted by atomic mass is 16.1. The van der Waals surface area contributed by atoms with Crippen LogP contribution in [0, 0.1) is 11.8 Å². The fraction of sp³-hybridized carbons (Fsp3) is 0.917. The first kappa shape index (κ1) is 13.5. The fourth-order valence-corrected chi connectivity index (χ4v) is 1.57. The molecule has 0 aromatic heterocycles. The van der Waals surface area contributed by atoms with E-state index in [1.54, 1.807) is 0 Å². The summed E-state index contributed by atoms with van der Waals surface area (Å²) in [6.07, 6.45) is 2.80. The number of rotatable bonds is 6. The molecule has 0 aliphatic rings. The Balaban J connectivity index is 3.98. The number of nitrogens with one attached hydrogen (secondary N) is 1. The van der Waals surface area contributed by atoms with Crippen molar-refractivity contribution in [2.45, 2.75) is 59.9 Å². The van der Waals surface area contributed by atoms with Gasteiger partial charge in [0.05, 0.1) is 0 Å². The number of carbonyl (C=O) groups excluding carboxylic acids is 1. The molecule has 0 aliphatic heterocycles. The third-order valence-corrected chi connectivity index (χ3v) is 2.71. The average molecular weight is 199 g/mol. The quantitative estimate of drug-likeness (QED) is 0.700. The van der Waals surface area contributed by atoms with Crippen LogP contribution in [0.5, 0.6) is 0 Å². The molecule has 0 fully saturated rings. The van der Waals surface area contributed by atoms with Gasteiger partial charge in [0.25, 0.3) is 0 Å². The van der Waals surface area contributed by atoms with Crippen LogP contribution in [-0.2, 0) is 4.79 Å². The largest absolute Gasteiger partial charge is 0.353 e. The molecule has 0 bridgehead atoms. The monoisotopic (exact) mass is 199 g/mol. The Morgan fingerprint density at radius 1 is 1.14 bits per heavy atom. The van der Waals surface area contributed by atoms with Crippen molar-refractivity contribution in [3.05, 3.63) is 0 Å². The fourth-order valence-electron chi connectivity index (χ4n) is 1.57. The second-order valence-electron chi connectivity index (χ2n) is 4.57. The van der Waals surface area contributed by atoms with E-state index in [-0.39, 0.29) is 5.91 Å². The van der Waals surface area contributed by atoms with Crippen LogP contribution in [0.25, 0.3) is 0 Å². The summed E-state index contributed by atoms with van der Waals surface area (Å²) < 4.78 is 0. The van der Waals surface area contributed by atoms with E-state index < -0.39 is 0 Å². The maximum atomic E-state index is 11.5. The Morgan fingerprint density at radius 3 is 2.07 bits per heavy atom. The van der Waals surface area contributed by atoms with E-state index in [0.717, 1.165) is 12.8 Å². The minimum Gasteiger partial charge on any atom is -0.353 e. The summed E-state index contributed by atoms with van der Waals surface area (Å²) in [4.78, 5) is 11.5. The summed E-state index contributed by atoms with van der Waals surface area (Å²) in [5, 5.41) is 3.11. The Hall–Kier alpha value is -0.530. The summed E-state index contributed by atoms with van der Waals surface area (Å²) in [5.41, 5.74) is 0. The summed E-state index contributed by atoms with van der Waals surface area (Å²) in [7, 11) is 0. The van der Waals surface area contributed by atoms with Gasteiger partial charge < -0.3 is 5.32 Å². The standard InChI is InChI=1S/C12H25NO/c1-6-10(5)11(7-2)13-12(14)8-9(3)4/h9-11H,6-8H2,1-5H3,(H,13,14)/t10-,11?/m1/s1. The summed E-state index contributed by atoms with van der Waals surface area (Å²) in [5.74, 6) is 1.23. The second-order valence-corrected chi connectivity index (χ2v) is 4.57. The zero-order valence-electron chi connectivity index (χ0n) is 10.3. The van der Waals surface area contributed by atoms with Crippen molar-refractivity contribution < 1.29 is 4.79 Å². The van der Waals surface area contributed by atoms with Gasteiger partial charge in [-0.15, -0.1) is 0 Å². The van der Waals surface area contributed by atoms with E-state index in [4.69, 9.17) is 0 Å². The van der Waals surface area contributed by atoms with Crippen LogP contribution >= 0.6 is 0 Å². The minimum absolute atomic E-state index is 0.201. The van der Waals surface area contributed by atoms with Crippen LogP contribution in [0.3, 0.4) is 0 Å². The van der Waals surface area contributed by atoms with Crippen LogP contribution in [-0.4, -0.2) is 11.9 Å². The molecule has 0 saturated heterocycles. The van der Waals surface area contributed by atoms with Gasteiger partial charge in [-0.2, -0.15) is 0 Å². The van der Waals surface area contributed by atoms with E-state index in [1.807, 2.05) is 0 Å². The summed E-state index contributed by atoms with van der Waals surface area (Å²) in [6, 6.07) is 0.353. The zero-order chi connectivity index (χ0) is 11.1. The van der Waals surface area contributed by atoms with Gasteiger partial charge in [-0.25, -0.2) is 0 Å². The first-order valence-electron chi connectivity index (χ1n) is 5.80. The van der Waals surface area contributed by atoms with Crippen LogP contribution < -0.4 is 5.32 Å². The topological polar surface area (TPSA) is 29.1 Å². The van der Waals surface area contributed by atoms with Crippen molar-refractivity contribution in [3.8, 4) is 0 Å². The molecular formula is C12H25NO. The lowest BCUT2D eigenvalue weighted by atomic mass is 9.96. The molecule has 0 radical (unpaired) electrons. The van der Waals surface area contributed by atoms with Crippen LogP contribution in [0.4, 0.5) is 0 Å². The lowest BCUT2D eigenvalue weighted by molar-refractivity contribution is -0.122. The van der Waals surface area contributed by atoms with E-state index >= 15 is 0 Å². The molecule has 1 N–H and O–H groups in total. The van der Waals surface area contributed by atoms with Gasteiger partial charge in [0.1, 0.15) is 0 Å². The van der Waals surface area contributed by atoms with Crippen molar-refractivity contribution in [1.82, 2.24) is 5.32 Å². The number of hydrogen-bond acceptors (Lipinski definition) is 1. The molecule has 0 aromatic carbocycles. The highest BCUT2D eigenvalue weighted by Gasteiger charge is 2.16. The number of hydrogen-bond donors (Lipinski definition) is 1. The molecule has 2 nitrogen and oxygen atoms in total. The first-order chi connectivity index (χ1) is 6.51. The SMILES string of the molecule is CCC(NC(=O)CC(C)C)[C@H](C)CC. The molecule has 0 saturated carbocycles.